The lowest BCUT2D eigenvalue weighted by Crippen LogP contribution is -2.01. The van der Waals surface area contributed by atoms with E-state index in [1.807, 2.05) is 13.8 Å². The molecule has 2 N–H and O–H groups in total. The number of nitrogens with zero attached hydrogens (tertiary/aromatic N) is 1. The van der Waals surface area contributed by atoms with Gasteiger partial charge >= 0.3 is 6.61 Å². The molecule has 102 valence electrons. The molecule has 0 saturated carbocycles. The number of hydrogen-bond acceptors (Lipinski definition) is 4. The minimum Gasteiger partial charge on any atom is -0.435 e. The SMILES string of the molecule is CC(C)c1nc(-c2ccc(OC(F)F)cc2)c(N)s1. The van der Waals surface area contributed by atoms with Crippen molar-refractivity contribution in [3.8, 4) is 17.0 Å². The fraction of sp³-hybridized carbons (Fsp3) is 0.308. The number of nitrogen functional groups attached to an aromatic ring is 1. The summed E-state index contributed by atoms with van der Waals surface area (Å²) in [6.07, 6.45) is 0. The maximum atomic E-state index is 12.0. The Morgan fingerprint density at radius 3 is 2.32 bits per heavy atom. The van der Waals surface area contributed by atoms with E-state index in [9.17, 15) is 8.78 Å². The maximum Gasteiger partial charge on any atom is 0.387 e. The van der Waals surface area contributed by atoms with Crippen molar-refractivity contribution in [1.29, 1.82) is 0 Å². The fourth-order valence-corrected chi connectivity index (χ4v) is 2.46. The molecule has 0 aliphatic heterocycles. The third-order valence-corrected chi connectivity index (χ3v) is 3.70. The molecule has 0 aliphatic rings. The number of rotatable bonds is 4. The van der Waals surface area contributed by atoms with Gasteiger partial charge < -0.3 is 10.5 Å². The Morgan fingerprint density at radius 1 is 1.21 bits per heavy atom. The highest BCUT2D eigenvalue weighted by molar-refractivity contribution is 7.16. The number of aromatic nitrogens is 1. The zero-order chi connectivity index (χ0) is 14.0. The quantitative estimate of drug-likeness (QED) is 0.918. The molecule has 0 spiro atoms. The van der Waals surface area contributed by atoms with Crippen LogP contribution in [0, 0.1) is 0 Å². The topological polar surface area (TPSA) is 48.1 Å². The summed E-state index contributed by atoms with van der Waals surface area (Å²) in [5.74, 6) is 0.430. The lowest BCUT2D eigenvalue weighted by atomic mass is 10.1. The molecule has 2 rings (SSSR count). The molecule has 0 saturated heterocycles. The van der Waals surface area contributed by atoms with Crippen molar-refractivity contribution in [2.24, 2.45) is 0 Å². The van der Waals surface area contributed by atoms with Gasteiger partial charge in [-0.1, -0.05) is 13.8 Å². The number of ether oxygens (including phenoxy) is 1. The van der Waals surface area contributed by atoms with E-state index in [1.165, 1.54) is 23.5 Å². The molecule has 0 atom stereocenters. The van der Waals surface area contributed by atoms with E-state index < -0.39 is 6.61 Å². The van der Waals surface area contributed by atoms with Gasteiger partial charge in [0.15, 0.2) is 0 Å². The van der Waals surface area contributed by atoms with Gasteiger partial charge in [-0.25, -0.2) is 4.98 Å². The van der Waals surface area contributed by atoms with Crippen LogP contribution in [0.5, 0.6) is 5.75 Å². The second-order valence-corrected chi connectivity index (χ2v) is 5.38. The van der Waals surface area contributed by atoms with Crippen molar-refractivity contribution in [2.75, 3.05) is 5.73 Å². The van der Waals surface area contributed by atoms with E-state index in [0.717, 1.165) is 10.6 Å². The van der Waals surface area contributed by atoms with E-state index in [2.05, 4.69) is 9.72 Å². The van der Waals surface area contributed by atoms with E-state index in [1.54, 1.807) is 12.1 Å². The lowest BCUT2D eigenvalue weighted by molar-refractivity contribution is -0.0498. The lowest BCUT2D eigenvalue weighted by Gasteiger charge is -2.05. The summed E-state index contributed by atoms with van der Waals surface area (Å²) in [5.41, 5.74) is 7.42. The number of nitrogens with two attached hydrogens (primary N) is 1. The van der Waals surface area contributed by atoms with Crippen molar-refractivity contribution >= 4 is 16.3 Å². The van der Waals surface area contributed by atoms with Crippen LogP contribution in [0.2, 0.25) is 0 Å². The summed E-state index contributed by atoms with van der Waals surface area (Å²) >= 11 is 1.45. The van der Waals surface area contributed by atoms with Gasteiger partial charge in [-0.05, 0) is 24.3 Å². The third kappa shape index (κ3) is 3.20. The normalized spacial score (nSPS) is 11.3. The number of thiazole rings is 1. The van der Waals surface area contributed by atoms with Crippen molar-refractivity contribution < 1.29 is 13.5 Å². The summed E-state index contributed by atoms with van der Waals surface area (Å²) < 4.78 is 28.4. The summed E-state index contributed by atoms with van der Waals surface area (Å²) in [6.45, 7) is 1.27. The van der Waals surface area contributed by atoms with E-state index in [-0.39, 0.29) is 5.75 Å². The van der Waals surface area contributed by atoms with Crippen molar-refractivity contribution in [3.63, 3.8) is 0 Å². The van der Waals surface area contributed by atoms with E-state index >= 15 is 0 Å². The highest BCUT2D eigenvalue weighted by Gasteiger charge is 2.13. The molecule has 0 bridgehead atoms. The fourth-order valence-electron chi connectivity index (χ4n) is 1.60. The van der Waals surface area contributed by atoms with Gasteiger partial charge in [0.2, 0.25) is 0 Å². The number of anilines is 1. The molecule has 3 nitrogen and oxygen atoms in total. The van der Waals surface area contributed by atoms with Crippen LogP contribution in [0.15, 0.2) is 24.3 Å². The van der Waals surface area contributed by atoms with Crippen LogP contribution in [0.1, 0.15) is 24.8 Å². The van der Waals surface area contributed by atoms with Gasteiger partial charge in [-0.15, -0.1) is 11.3 Å². The van der Waals surface area contributed by atoms with Crippen LogP contribution in [-0.4, -0.2) is 11.6 Å². The standard InChI is InChI=1S/C13H14F2N2OS/c1-7(2)12-17-10(11(16)19-12)8-3-5-9(6-4-8)18-13(14)15/h3-7,13H,16H2,1-2H3. The average Bonchev–Trinajstić information content (AvgIpc) is 2.72. The molecule has 1 heterocycles. The Bertz CT molecular complexity index is 552. The first-order valence-electron chi connectivity index (χ1n) is 5.79. The highest BCUT2D eigenvalue weighted by atomic mass is 32.1. The van der Waals surface area contributed by atoms with E-state index in [0.29, 0.717) is 16.6 Å². The molecule has 0 fully saturated rings. The molecule has 0 amide bonds. The summed E-state index contributed by atoms with van der Waals surface area (Å²) in [4.78, 5) is 4.47. The number of alkyl halides is 2. The van der Waals surface area contributed by atoms with Crippen LogP contribution in [0.3, 0.4) is 0 Å². The average molecular weight is 284 g/mol. The molecule has 0 unspecified atom stereocenters. The zero-order valence-corrected chi connectivity index (χ0v) is 11.4. The summed E-state index contributed by atoms with van der Waals surface area (Å²) in [7, 11) is 0. The third-order valence-electron chi connectivity index (χ3n) is 2.52. The molecule has 1 aromatic carbocycles. The van der Waals surface area contributed by atoms with Gasteiger partial charge in [0.05, 0.1) is 5.01 Å². The van der Waals surface area contributed by atoms with Crippen LogP contribution in [-0.2, 0) is 0 Å². The van der Waals surface area contributed by atoms with Gasteiger partial charge in [0.25, 0.3) is 0 Å². The van der Waals surface area contributed by atoms with E-state index in [4.69, 9.17) is 5.73 Å². The molecule has 1 aromatic heterocycles. The number of benzene rings is 1. The first kappa shape index (κ1) is 13.7. The number of halogens is 2. The van der Waals surface area contributed by atoms with Crippen LogP contribution >= 0.6 is 11.3 Å². The number of hydrogen-bond donors (Lipinski definition) is 1. The molecule has 2 aromatic rings. The Kier molecular flexibility index (Phi) is 3.99. The summed E-state index contributed by atoms with van der Waals surface area (Å²) in [5, 5.41) is 1.59. The van der Waals surface area contributed by atoms with Crippen LogP contribution in [0.25, 0.3) is 11.3 Å². The minimum atomic E-state index is -2.82. The molecule has 6 heteroatoms. The monoisotopic (exact) mass is 284 g/mol. The second-order valence-electron chi connectivity index (χ2n) is 4.32. The predicted molar refractivity (Wildman–Crippen MR) is 72.7 cm³/mol. The Balaban J connectivity index is 2.27. The second kappa shape index (κ2) is 5.52. The Labute approximate surface area is 114 Å². The van der Waals surface area contributed by atoms with Gasteiger partial charge in [0.1, 0.15) is 16.4 Å². The van der Waals surface area contributed by atoms with Gasteiger partial charge in [-0.2, -0.15) is 8.78 Å². The first-order valence-corrected chi connectivity index (χ1v) is 6.60. The van der Waals surface area contributed by atoms with Gasteiger partial charge in [0, 0.05) is 11.5 Å². The minimum absolute atomic E-state index is 0.122. The largest absolute Gasteiger partial charge is 0.435 e. The predicted octanol–water partition coefficient (Wildman–Crippen LogP) is 4.12. The van der Waals surface area contributed by atoms with Crippen LogP contribution in [0.4, 0.5) is 13.8 Å². The van der Waals surface area contributed by atoms with Crippen molar-refractivity contribution in [1.82, 2.24) is 4.98 Å². The maximum absolute atomic E-state index is 12.0. The molecular formula is C13H14F2N2OS. The molecule has 19 heavy (non-hydrogen) atoms. The van der Waals surface area contributed by atoms with Crippen molar-refractivity contribution in [2.45, 2.75) is 26.4 Å². The highest BCUT2D eigenvalue weighted by Crippen LogP contribution is 2.34. The van der Waals surface area contributed by atoms with Crippen molar-refractivity contribution in [3.05, 3.63) is 29.3 Å². The summed E-state index contributed by atoms with van der Waals surface area (Å²) in [6, 6.07) is 6.31. The van der Waals surface area contributed by atoms with Crippen LogP contribution < -0.4 is 10.5 Å². The van der Waals surface area contributed by atoms with Gasteiger partial charge in [-0.3, -0.25) is 0 Å². The molecule has 0 radical (unpaired) electrons. The first-order chi connectivity index (χ1) is 8.97. The Morgan fingerprint density at radius 2 is 1.84 bits per heavy atom. The molecule has 0 aliphatic carbocycles. The molecular weight excluding hydrogens is 270 g/mol. The zero-order valence-electron chi connectivity index (χ0n) is 10.6. The smallest absolute Gasteiger partial charge is 0.387 e. The Hall–Kier alpha value is -1.69.